The van der Waals surface area contributed by atoms with E-state index in [1.165, 1.54) is 25.9 Å². The van der Waals surface area contributed by atoms with Crippen LogP contribution in [0.2, 0.25) is 0 Å². The molecule has 1 aromatic carbocycles. The predicted molar refractivity (Wildman–Crippen MR) is 72.0 cm³/mol. The van der Waals surface area contributed by atoms with Crippen molar-refractivity contribution in [1.82, 2.24) is 4.98 Å². The smallest absolute Gasteiger partial charge is 0.145 e. The number of halogens is 1. The average molecular weight is 279 g/mol. The SMILES string of the molecule is [Cl-].c1cnc2c(OCC[NH+]3CCCC3)cccc2c1. The van der Waals surface area contributed by atoms with Crippen molar-refractivity contribution in [3.63, 3.8) is 0 Å². The van der Waals surface area contributed by atoms with E-state index in [0.29, 0.717) is 0 Å². The van der Waals surface area contributed by atoms with Gasteiger partial charge in [-0.3, -0.25) is 4.98 Å². The second-order valence-corrected chi connectivity index (χ2v) is 4.89. The molecule has 1 aromatic heterocycles. The first-order chi connectivity index (χ1) is 8.93. The molecule has 1 saturated heterocycles. The van der Waals surface area contributed by atoms with Gasteiger partial charge in [0.25, 0.3) is 0 Å². The largest absolute Gasteiger partial charge is 1.00 e. The van der Waals surface area contributed by atoms with Gasteiger partial charge in [-0.15, -0.1) is 0 Å². The van der Waals surface area contributed by atoms with E-state index in [2.05, 4.69) is 17.1 Å². The molecule has 0 saturated carbocycles. The fourth-order valence-corrected chi connectivity index (χ4v) is 2.62. The van der Waals surface area contributed by atoms with Crippen LogP contribution in [-0.2, 0) is 0 Å². The highest BCUT2D eigenvalue weighted by atomic mass is 35.5. The Balaban J connectivity index is 0.00000133. The standard InChI is InChI=1S/C15H18N2O.ClH/c1-2-10-17(9-1)11-12-18-14-7-3-5-13-6-4-8-16-15(13)14;/h3-8H,1-2,9-12H2;1H. The van der Waals surface area contributed by atoms with Crippen molar-refractivity contribution in [1.29, 1.82) is 0 Å². The van der Waals surface area contributed by atoms with Gasteiger partial charge in [-0.1, -0.05) is 18.2 Å². The van der Waals surface area contributed by atoms with Crippen molar-refractivity contribution < 1.29 is 22.0 Å². The highest BCUT2D eigenvalue weighted by Crippen LogP contribution is 2.22. The van der Waals surface area contributed by atoms with E-state index in [-0.39, 0.29) is 12.4 Å². The lowest BCUT2D eigenvalue weighted by atomic mass is 10.2. The van der Waals surface area contributed by atoms with Crippen molar-refractivity contribution in [3.05, 3.63) is 36.5 Å². The topological polar surface area (TPSA) is 26.6 Å². The van der Waals surface area contributed by atoms with Crippen LogP contribution in [0.3, 0.4) is 0 Å². The number of aromatic nitrogens is 1. The van der Waals surface area contributed by atoms with Crippen LogP contribution in [-0.4, -0.2) is 31.2 Å². The van der Waals surface area contributed by atoms with Crippen LogP contribution in [0.25, 0.3) is 10.9 Å². The Labute approximate surface area is 120 Å². The molecular formula is C15H19ClN2O. The molecule has 0 aliphatic carbocycles. The molecular weight excluding hydrogens is 260 g/mol. The fourth-order valence-electron chi connectivity index (χ4n) is 2.62. The number of benzene rings is 1. The lowest BCUT2D eigenvalue weighted by molar-refractivity contribution is -0.887. The quantitative estimate of drug-likeness (QED) is 0.722. The Kier molecular flexibility index (Phi) is 5.00. The van der Waals surface area contributed by atoms with E-state index in [1.807, 2.05) is 24.4 Å². The Morgan fingerprint density at radius 3 is 2.74 bits per heavy atom. The van der Waals surface area contributed by atoms with Gasteiger partial charge in [0.15, 0.2) is 0 Å². The maximum absolute atomic E-state index is 5.90. The lowest BCUT2D eigenvalue weighted by Gasteiger charge is -2.13. The molecule has 0 spiro atoms. The molecule has 1 aliphatic rings. The number of nitrogens with zero attached hydrogens (tertiary/aromatic N) is 1. The number of hydrogen-bond donors (Lipinski definition) is 1. The van der Waals surface area contributed by atoms with Crippen molar-refractivity contribution in [2.45, 2.75) is 12.8 Å². The van der Waals surface area contributed by atoms with Gasteiger partial charge in [0.05, 0.1) is 13.1 Å². The van der Waals surface area contributed by atoms with Gasteiger partial charge in [-0.25, -0.2) is 0 Å². The van der Waals surface area contributed by atoms with E-state index < -0.39 is 0 Å². The molecule has 4 heteroatoms. The van der Waals surface area contributed by atoms with Crippen LogP contribution in [0, 0.1) is 0 Å². The molecule has 0 unspecified atom stereocenters. The normalized spacial score (nSPS) is 15.4. The van der Waals surface area contributed by atoms with Gasteiger partial charge in [0.2, 0.25) is 0 Å². The van der Waals surface area contributed by atoms with Crippen molar-refractivity contribution in [2.75, 3.05) is 26.2 Å². The zero-order valence-corrected chi connectivity index (χ0v) is 11.7. The van der Waals surface area contributed by atoms with Crippen molar-refractivity contribution in [3.8, 4) is 5.75 Å². The molecule has 1 aliphatic heterocycles. The highest BCUT2D eigenvalue weighted by molar-refractivity contribution is 5.84. The minimum absolute atomic E-state index is 0. The van der Waals surface area contributed by atoms with E-state index in [0.717, 1.165) is 29.8 Å². The summed E-state index contributed by atoms with van der Waals surface area (Å²) in [6, 6.07) is 10.1. The molecule has 1 fully saturated rings. The zero-order valence-electron chi connectivity index (χ0n) is 10.9. The second kappa shape index (κ2) is 6.73. The first-order valence-electron chi connectivity index (χ1n) is 6.73. The molecule has 1 N–H and O–H groups in total. The Morgan fingerprint density at radius 1 is 1.11 bits per heavy atom. The number of hydrogen-bond acceptors (Lipinski definition) is 2. The van der Waals surface area contributed by atoms with Gasteiger partial charge in [-0.05, 0) is 12.1 Å². The number of nitrogens with one attached hydrogen (secondary N) is 1. The number of ether oxygens (including phenoxy) is 1. The molecule has 0 bridgehead atoms. The van der Waals surface area contributed by atoms with Gasteiger partial charge in [0.1, 0.15) is 24.4 Å². The number of para-hydroxylation sites is 1. The summed E-state index contributed by atoms with van der Waals surface area (Å²) in [5, 5.41) is 1.14. The second-order valence-electron chi connectivity index (χ2n) is 4.89. The van der Waals surface area contributed by atoms with Crippen LogP contribution >= 0.6 is 0 Å². The van der Waals surface area contributed by atoms with Crippen LogP contribution in [0.15, 0.2) is 36.5 Å². The summed E-state index contributed by atoms with van der Waals surface area (Å²) in [5.41, 5.74) is 0.969. The van der Waals surface area contributed by atoms with Crippen LogP contribution < -0.4 is 22.0 Å². The summed E-state index contributed by atoms with van der Waals surface area (Å²) in [6.07, 6.45) is 4.55. The average Bonchev–Trinajstić information content (AvgIpc) is 2.92. The summed E-state index contributed by atoms with van der Waals surface area (Å²) < 4.78 is 5.90. The Morgan fingerprint density at radius 2 is 1.89 bits per heavy atom. The molecule has 102 valence electrons. The van der Waals surface area contributed by atoms with Gasteiger partial charge in [-0.2, -0.15) is 0 Å². The molecule has 2 aromatic rings. The number of rotatable bonds is 4. The number of likely N-dealkylation sites (tertiary alicyclic amines) is 1. The first-order valence-corrected chi connectivity index (χ1v) is 6.73. The first kappa shape index (κ1) is 14.1. The van der Waals surface area contributed by atoms with E-state index in [4.69, 9.17) is 4.74 Å². The number of pyridine rings is 1. The molecule has 19 heavy (non-hydrogen) atoms. The van der Waals surface area contributed by atoms with Crippen LogP contribution in [0.5, 0.6) is 5.75 Å². The summed E-state index contributed by atoms with van der Waals surface area (Å²) in [6.45, 7) is 4.49. The minimum atomic E-state index is 0. The summed E-state index contributed by atoms with van der Waals surface area (Å²) in [4.78, 5) is 6.07. The van der Waals surface area contributed by atoms with Gasteiger partial charge in [0, 0.05) is 24.4 Å². The highest BCUT2D eigenvalue weighted by Gasteiger charge is 2.14. The van der Waals surface area contributed by atoms with Gasteiger partial charge < -0.3 is 22.0 Å². The van der Waals surface area contributed by atoms with Crippen LogP contribution in [0.1, 0.15) is 12.8 Å². The van der Waals surface area contributed by atoms with E-state index >= 15 is 0 Å². The summed E-state index contributed by atoms with van der Waals surface area (Å²) >= 11 is 0. The molecule has 2 heterocycles. The maximum atomic E-state index is 5.90. The fraction of sp³-hybridized carbons (Fsp3) is 0.400. The molecule has 0 amide bonds. The Bertz CT molecular complexity index is 521. The molecule has 3 rings (SSSR count). The van der Waals surface area contributed by atoms with Crippen molar-refractivity contribution >= 4 is 10.9 Å². The van der Waals surface area contributed by atoms with E-state index in [1.54, 1.807) is 4.90 Å². The Hall–Kier alpha value is -1.32. The van der Waals surface area contributed by atoms with Gasteiger partial charge >= 0.3 is 0 Å². The predicted octanol–water partition coefficient (Wildman–Crippen LogP) is -1.70. The summed E-state index contributed by atoms with van der Waals surface area (Å²) in [7, 11) is 0. The maximum Gasteiger partial charge on any atom is 0.145 e. The summed E-state index contributed by atoms with van der Waals surface area (Å²) in [5.74, 6) is 0.909. The molecule has 3 nitrogen and oxygen atoms in total. The zero-order chi connectivity index (χ0) is 12.2. The lowest BCUT2D eigenvalue weighted by Crippen LogP contribution is -3.10. The molecule has 0 atom stereocenters. The third kappa shape index (κ3) is 3.37. The third-order valence-corrected chi connectivity index (χ3v) is 3.62. The van der Waals surface area contributed by atoms with E-state index in [9.17, 15) is 0 Å². The minimum Gasteiger partial charge on any atom is -1.00 e. The third-order valence-electron chi connectivity index (χ3n) is 3.62. The number of fused-ring (bicyclic) bond motifs is 1. The monoisotopic (exact) mass is 278 g/mol. The molecule has 0 radical (unpaired) electrons. The van der Waals surface area contributed by atoms with Crippen molar-refractivity contribution in [2.24, 2.45) is 0 Å². The number of quaternary nitrogens is 1. The van der Waals surface area contributed by atoms with Crippen LogP contribution in [0.4, 0.5) is 0 Å².